The molecule has 0 bridgehead atoms. The molecule has 0 amide bonds. The monoisotopic (exact) mass is 158 g/mol. The normalized spacial score (nSPS) is 11.7. The topological polar surface area (TPSA) is 34.1 Å². The molecule has 44 valence electrons. The van der Waals surface area contributed by atoms with Crippen LogP contribution in [-0.2, 0) is 8.87 Å². The van der Waals surface area contributed by atoms with Crippen LogP contribution < -0.4 is 0 Å². The third kappa shape index (κ3) is 3.25. The number of hydrogen-bond acceptors (Lipinski definition) is 4. The van der Waals surface area contributed by atoms with Gasteiger partial charge in [-0.15, -0.1) is 0 Å². The van der Waals surface area contributed by atoms with Gasteiger partial charge >= 0.3 is 0 Å². The first-order valence-electron chi connectivity index (χ1n) is 1.68. The molecule has 0 unspecified atom stereocenters. The molecule has 2 nitrogen and oxygen atoms in total. The second-order valence-corrected chi connectivity index (χ2v) is 6.08. The molecular weight excluding hydrogens is 152 g/mol. The Kier molecular flexibility index (Phi) is 3.10. The van der Waals surface area contributed by atoms with Gasteiger partial charge in [-0.25, -0.2) is 8.42 Å². The Bertz CT molecular complexity index is 114. The minimum absolute atomic E-state index is 0.154. The molecule has 0 radical (unpaired) electrons. The van der Waals surface area contributed by atoms with Gasteiger partial charge in [0.1, 0.15) is 0 Å². The molecule has 0 aliphatic carbocycles. The fourth-order valence-corrected chi connectivity index (χ4v) is 1.42. The molecule has 0 aromatic heterocycles. The molecule has 7 heavy (non-hydrogen) atoms. The van der Waals surface area contributed by atoms with Crippen molar-refractivity contribution in [2.24, 2.45) is 0 Å². The third-order valence-corrected chi connectivity index (χ3v) is 4.83. The van der Waals surface area contributed by atoms with Gasteiger partial charge in [0.05, 0.1) is 5.75 Å². The Morgan fingerprint density at radius 1 is 1.71 bits per heavy atom. The van der Waals surface area contributed by atoms with E-state index in [1.807, 2.05) is 0 Å². The molecular formula is C2H6O2S3. The van der Waals surface area contributed by atoms with Crippen molar-refractivity contribution in [2.75, 3.05) is 5.75 Å². The van der Waals surface area contributed by atoms with Crippen LogP contribution in [0.15, 0.2) is 0 Å². The van der Waals surface area contributed by atoms with Crippen LogP contribution in [0.5, 0.6) is 0 Å². The zero-order chi connectivity index (χ0) is 5.91. The van der Waals surface area contributed by atoms with E-state index in [9.17, 15) is 8.42 Å². The van der Waals surface area contributed by atoms with Gasteiger partial charge in [0.25, 0.3) is 0 Å². The zero-order valence-electron chi connectivity index (χ0n) is 3.79. The number of rotatable bonds is 2. The van der Waals surface area contributed by atoms with Crippen molar-refractivity contribution in [3.05, 3.63) is 0 Å². The quantitative estimate of drug-likeness (QED) is 0.479. The van der Waals surface area contributed by atoms with E-state index in [-0.39, 0.29) is 5.75 Å². The minimum Gasteiger partial charge on any atom is -0.217 e. The van der Waals surface area contributed by atoms with Crippen molar-refractivity contribution >= 4 is 30.4 Å². The lowest BCUT2D eigenvalue weighted by atomic mass is 11.0. The highest BCUT2D eigenvalue weighted by Crippen LogP contribution is 2.15. The van der Waals surface area contributed by atoms with Crippen LogP contribution in [0.1, 0.15) is 6.92 Å². The van der Waals surface area contributed by atoms with Gasteiger partial charge in [-0.3, -0.25) is 0 Å². The van der Waals surface area contributed by atoms with E-state index in [1.54, 1.807) is 6.92 Å². The minimum atomic E-state index is -2.88. The molecule has 0 spiro atoms. The first kappa shape index (κ1) is 7.65. The standard InChI is InChI=1S/C2H6O2S3/c1-2-7(3,4)6-5/h5H,2H2,1H3. The average molecular weight is 158 g/mol. The fourth-order valence-electron chi connectivity index (χ4n) is 0.0527. The van der Waals surface area contributed by atoms with Crippen molar-refractivity contribution in [3.63, 3.8) is 0 Å². The maximum atomic E-state index is 10.3. The maximum absolute atomic E-state index is 10.3. The first-order chi connectivity index (χ1) is 3.12. The summed E-state index contributed by atoms with van der Waals surface area (Å²) in [6, 6.07) is 0. The molecule has 0 saturated carbocycles. The van der Waals surface area contributed by atoms with Crippen LogP contribution in [-0.4, -0.2) is 14.2 Å². The molecule has 5 heteroatoms. The van der Waals surface area contributed by atoms with Gasteiger partial charge in [-0.2, -0.15) is 0 Å². The summed E-state index contributed by atoms with van der Waals surface area (Å²) in [4.78, 5) is 0. The van der Waals surface area contributed by atoms with Crippen molar-refractivity contribution < 1.29 is 8.42 Å². The van der Waals surface area contributed by atoms with E-state index in [2.05, 4.69) is 11.7 Å². The van der Waals surface area contributed by atoms with E-state index in [4.69, 9.17) is 0 Å². The van der Waals surface area contributed by atoms with Gasteiger partial charge in [0.15, 0.2) is 0 Å². The predicted octanol–water partition coefficient (Wildman–Crippen LogP) is 0.914. The second-order valence-electron chi connectivity index (χ2n) is 0.921. The van der Waals surface area contributed by atoms with Gasteiger partial charge in [0.2, 0.25) is 8.87 Å². The SMILES string of the molecule is CCS(=O)(=O)SS. The van der Waals surface area contributed by atoms with Gasteiger partial charge < -0.3 is 0 Å². The van der Waals surface area contributed by atoms with Crippen LogP contribution in [0.3, 0.4) is 0 Å². The van der Waals surface area contributed by atoms with E-state index < -0.39 is 8.87 Å². The van der Waals surface area contributed by atoms with Crippen LogP contribution in [0, 0.1) is 0 Å². The van der Waals surface area contributed by atoms with Crippen molar-refractivity contribution in [1.82, 2.24) is 0 Å². The summed E-state index contributed by atoms with van der Waals surface area (Å²) < 4.78 is 20.5. The van der Waals surface area contributed by atoms with E-state index in [0.29, 0.717) is 9.83 Å². The first-order valence-corrected chi connectivity index (χ1v) is 5.72. The Labute approximate surface area is 51.8 Å². The Morgan fingerprint density at radius 3 is 2.14 bits per heavy atom. The average Bonchev–Trinajstić information content (AvgIpc) is 1.68. The Balaban J connectivity index is 3.89. The van der Waals surface area contributed by atoms with Crippen LogP contribution in [0.4, 0.5) is 0 Å². The summed E-state index contributed by atoms with van der Waals surface area (Å²) >= 11 is 3.51. The molecule has 0 rings (SSSR count). The molecule has 0 aliphatic heterocycles. The second kappa shape index (κ2) is 2.84. The smallest absolute Gasteiger partial charge is 0.211 e. The van der Waals surface area contributed by atoms with Crippen molar-refractivity contribution in [3.8, 4) is 0 Å². The largest absolute Gasteiger partial charge is 0.217 e. The van der Waals surface area contributed by atoms with Crippen molar-refractivity contribution in [2.45, 2.75) is 6.92 Å². The third-order valence-electron chi connectivity index (χ3n) is 0.467. The summed E-state index contributed by atoms with van der Waals surface area (Å²) in [5.74, 6) is 0.154. The summed E-state index contributed by atoms with van der Waals surface area (Å²) in [5, 5.41) is 0. The van der Waals surface area contributed by atoms with Crippen LogP contribution in [0.2, 0.25) is 0 Å². The van der Waals surface area contributed by atoms with E-state index >= 15 is 0 Å². The molecule has 0 fully saturated rings. The molecule has 0 atom stereocenters. The maximum Gasteiger partial charge on any atom is 0.211 e. The number of thiol groups is 1. The zero-order valence-corrected chi connectivity index (χ0v) is 6.31. The molecule has 0 heterocycles. The summed E-state index contributed by atoms with van der Waals surface area (Å²) in [6.45, 7) is 1.58. The lowest BCUT2D eigenvalue weighted by Crippen LogP contribution is -1.91. The van der Waals surface area contributed by atoms with Crippen molar-refractivity contribution in [1.29, 1.82) is 0 Å². The molecule has 0 aromatic rings. The van der Waals surface area contributed by atoms with E-state index in [0.717, 1.165) is 0 Å². The molecule has 0 saturated heterocycles. The summed E-state index contributed by atoms with van der Waals surface area (Å²) in [7, 11) is -2.28. The van der Waals surface area contributed by atoms with Crippen LogP contribution in [0.25, 0.3) is 0 Å². The highest BCUT2D eigenvalue weighted by Gasteiger charge is 2.01. The summed E-state index contributed by atoms with van der Waals surface area (Å²) in [6.07, 6.45) is 0. The number of hydrogen-bond donors (Lipinski definition) is 1. The Morgan fingerprint density at radius 2 is 2.14 bits per heavy atom. The lowest BCUT2D eigenvalue weighted by molar-refractivity contribution is 0.612. The molecule has 0 aliphatic rings. The molecule has 0 aromatic carbocycles. The van der Waals surface area contributed by atoms with Crippen LogP contribution >= 0.6 is 21.5 Å². The van der Waals surface area contributed by atoms with Gasteiger partial charge in [0, 0.05) is 9.83 Å². The van der Waals surface area contributed by atoms with Gasteiger partial charge in [-0.1, -0.05) is 18.6 Å². The predicted molar refractivity (Wildman–Crippen MR) is 36.0 cm³/mol. The van der Waals surface area contributed by atoms with E-state index in [1.165, 1.54) is 0 Å². The highest BCUT2D eigenvalue weighted by molar-refractivity contribution is 9.02. The van der Waals surface area contributed by atoms with Gasteiger partial charge in [-0.05, 0) is 0 Å². The lowest BCUT2D eigenvalue weighted by Gasteiger charge is -1.87. The Hall–Kier alpha value is 0.650. The summed E-state index contributed by atoms with van der Waals surface area (Å²) in [5.41, 5.74) is 0. The highest BCUT2D eigenvalue weighted by atomic mass is 33.5. The fraction of sp³-hybridized carbons (Fsp3) is 1.00. The molecule has 0 N–H and O–H groups in total.